The molecule has 0 amide bonds. The number of para-hydroxylation sites is 1. The van der Waals surface area contributed by atoms with Crippen LogP contribution in [-0.2, 0) is 0 Å². The molecule has 0 saturated heterocycles. The molecule has 0 atom stereocenters. The number of thiazole rings is 1. The molecule has 0 radical (unpaired) electrons. The number of nitrogen functional groups attached to an aromatic ring is 1. The molecule has 1 aromatic heterocycles. The summed E-state index contributed by atoms with van der Waals surface area (Å²) in [5.41, 5.74) is 7.68. The lowest BCUT2D eigenvalue weighted by atomic mass is 10.2. The van der Waals surface area contributed by atoms with Gasteiger partial charge in [0.1, 0.15) is 29.7 Å². The maximum atomic E-state index is 6.07. The number of ether oxygens (including phenoxy) is 2. The summed E-state index contributed by atoms with van der Waals surface area (Å²) in [6.45, 7) is 2.94. The molecule has 5 heteroatoms. The Hall–Kier alpha value is -2.53. The van der Waals surface area contributed by atoms with Crippen molar-refractivity contribution in [2.45, 2.75) is 6.92 Å². The average Bonchev–Trinajstić information content (AvgIpc) is 3.00. The Morgan fingerprint density at radius 3 is 2.52 bits per heavy atom. The van der Waals surface area contributed by atoms with Crippen molar-refractivity contribution in [3.05, 3.63) is 59.6 Å². The van der Waals surface area contributed by atoms with E-state index in [-0.39, 0.29) is 0 Å². The number of nitrogens with zero attached hydrogens (tertiary/aromatic N) is 1. The highest BCUT2D eigenvalue weighted by Gasteiger charge is 2.07. The summed E-state index contributed by atoms with van der Waals surface area (Å²) in [5.74, 6) is 1.50. The van der Waals surface area contributed by atoms with E-state index < -0.39 is 0 Å². The molecule has 0 aliphatic rings. The minimum atomic E-state index is 0.439. The van der Waals surface area contributed by atoms with Gasteiger partial charge in [-0.3, -0.25) is 0 Å². The second kappa shape index (κ2) is 7.15. The monoisotopic (exact) mass is 326 g/mol. The largest absolute Gasteiger partial charge is 0.490 e. The van der Waals surface area contributed by atoms with Gasteiger partial charge in [-0.25, -0.2) is 4.98 Å². The van der Waals surface area contributed by atoms with Gasteiger partial charge >= 0.3 is 0 Å². The van der Waals surface area contributed by atoms with Gasteiger partial charge in [0.2, 0.25) is 0 Å². The summed E-state index contributed by atoms with van der Waals surface area (Å²) in [6.07, 6.45) is 1.86. The first-order valence-corrected chi connectivity index (χ1v) is 8.17. The number of anilines is 1. The Labute approximate surface area is 139 Å². The molecule has 0 fully saturated rings. The lowest BCUT2D eigenvalue weighted by Gasteiger charge is -2.11. The lowest BCUT2D eigenvalue weighted by Crippen LogP contribution is -2.09. The van der Waals surface area contributed by atoms with Crippen molar-refractivity contribution in [1.82, 2.24) is 4.98 Å². The minimum absolute atomic E-state index is 0.439. The van der Waals surface area contributed by atoms with Crippen molar-refractivity contribution in [3.8, 4) is 22.1 Å². The molecule has 2 aromatic carbocycles. The second-order valence-corrected chi connectivity index (χ2v) is 6.27. The molecule has 2 N–H and O–H groups in total. The van der Waals surface area contributed by atoms with E-state index in [0.29, 0.717) is 24.7 Å². The third-order valence-electron chi connectivity index (χ3n) is 3.23. The average molecular weight is 326 g/mol. The van der Waals surface area contributed by atoms with Gasteiger partial charge in [0.25, 0.3) is 0 Å². The predicted octanol–water partition coefficient (Wildman–Crippen LogP) is 4.16. The van der Waals surface area contributed by atoms with E-state index in [9.17, 15) is 0 Å². The Morgan fingerprint density at radius 2 is 1.83 bits per heavy atom. The summed E-state index contributed by atoms with van der Waals surface area (Å²) in [4.78, 5) is 5.55. The first kappa shape index (κ1) is 15.4. The topological polar surface area (TPSA) is 57.4 Å². The molecule has 1 heterocycles. The SMILES string of the molecule is Cc1cnc(-c2ccc(OCCOc3ccccc3)c(N)c2)s1. The highest BCUT2D eigenvalue weighted by Crippen LogP contribution is 2.30. The molecular weight excluding hydrogens is 308 g/mol. The molecule has 0 aliphatic carbocycles. The van der Waals surface area contributed by atoms with Crippen LogP contribution >= 0.6 is 11.3 Å². The summed E-state index contributed by atoms with van der Waals surface area (Å²) in [5, 5.41) is 0.966. The number of nitrogens with two attached hydrogens (primary N) is 1. The van der Waals surface area contributed by atoms with Crippen LogP contribution in [0.25, 0.3) is 10.6 Å². The zero-order chi connectivity index (χ0) is 16.1. The summed E-state index contributed by atoms with van der Waals surface area (Å²) in [6, 6.07) is 15.4. The predicted molar refractivity (Wildman–Crippen MR) is 94.1 cm³/mol. The van der Waals surface area contributed by atoms with Gasteiger partial charge in [-0.1, -0.05) is 18.2 Å². The zero-order valence-corrected chi connectivity index (χ0v) is 13.7. The Bertz CT molecular complexity index is 772. The normalized spacial score (nSPS) is 10.5. The maximum Gasteiger partial charge on any atom is 0.142 e. The number of hydrogen-bond donors (Lipinski definition) is 1. The van der Waals surface area contributed by atoms with E-state index in [1.807, 2.05) is 61.7 Å². The van der Waals surface area contributed by atoms with Crippen LogP contribution in [0.2, 0.25) is 0 Å². The first-order chi connectivity index (χ1) is 11.2. The highest BCUT2D eigenvalue weighted by atomic mass is 32.1. The Balaban J connectivity index is 1.56. The van der Waals surface area contributed by atoms with Crippen LogP contribution in [0.4, 0.5) is 5.69 Å². The van der Waals surface area contributed by atoms with Crippen LogP contribution in [-0.4, -0.2) is 18.2 Å². The van der Waals surface area contributed by atoms with E-state index in [4.69, 9.17) is 15.2 Å². The van der Waals surface area contributed by atoms with Crippen molar-refractivity contribution in [3.63, 3.8) is 0 Å². The number of rotatable bonds is 6. The third kappa shape index (κ3) is 4.02. The van der Waals surface area contributed by atoms with Crippen molar-refractivity contribution >= 4 is 17.0 Å². The van der Waals surface area contributed by atoms with Gasteiger partial charge in [0.15, 0.2) is 0 Å². The van der Waals surface area contributed by atoms with E-state index in [1.165, 1.54) is 4.88 Å². The number of aromatic nitrogens is 1. The molecule has 23 heavy (non-hydrogen) atoms. The smallest absolute Gasteiger partial charge is 0.142 e. The van der Waals surface area contributed by atoms with Crippen LogP contribution in [0.15, 0.2) is 54.7 Å². The van der Waals surface area contributed by atoms with Crippen LogP contribution < -0.4 is 15.2 Å². The fourth-order valence-corrected chi connectivity index (χ4v) is 2.89. The fraction of sp³-hybridized carbons (Fsp3) is 0.167. The van der Waals surface area contributed by atoms with Gasteiger partial charge in [-0.15, -0.1) is 11.3 Å². The second-order valence-electron chi connectivity index (χ2n) is 5.04. The van der Waals surface area contributed by atoms with Gasteiger partial charge in [0.05, 0.1) is 5.69 Å². The molecular formula is C18H18N2O2S. The number of hydrogen-bond acceptors (Lipinski definition) is 5. The van der Waals surface area contributed by atoms with Crippen LogP contribution in [0, 0.1) is 6.92 Å². The fourth-order valence-electron chi connectivity index (χ4n) is 2.13. The molecule has 4 nitrogen and oxygen atoms in total. The van der Waals surface area contributed by atoms with Gasteiger partial charge in [0, 0.05) is 16.6 Å². The van der Waals surface area contributed by atoms with Crippen molar-refractivity contribution in [2.75, 3.05) is 18.9 Å². The number of aryl methyl sites for hydroxylation is 1. The van der Waals surface area contributed by atoms with E-state index in [1.54, 1.807) is 11.3 Å². The van der Waals surface area contributed by atoms with E-state index in [2.05, 4.69) is 4.98 Å². The molecule has 0 saturated carbocycles. The van der Waals surface area contributed by atoms with Crippen molar-refractivity contribution in [1.29, 1.82) is 0 Å². The summed E-state index contributed by atoms with van der Waals surface area (Å²) < 4.78 is 11.3. The Morgan fingerprint density at radius 1 is 1.04 bits per heavy atom. The van der Waals surface area contributed by atoms with Crippen molar-refractivity contribution < 1.29 is 9.47 Å². The van der Waals surface area contributed by atoms with E-state index in [0.717, 1.165) is 16.3 Å². The quantitative estimate of drug-likeness (QED) is 0.546. The standard InChI is InChI=1S/C18H18N2O2S/c1-13-12-20-18(23-13)14-7-8-17(16(19)11-14)22-10-9-21-15-5-3-2-4-6-15/h2-8,11-12H,9-10,19H2,1H3. The van der Waals surface area contributed by atoms with Gasteiger partial charge in [-0.05, 0) is 37.3 Å². The minimum Gasteiger partial charge on any atom is -0.490 e. The molecule has 0 aliphatic heterocycles. The molecule has 0 bridgehead atoms. The molecule has 0 unspecified atom stereocenters. The van der Waals surface area contributed by atoms with E-state index >= 15 is 0 Å². The van der Waals surface area contributed by atoms with Crippen LogP contribution in [0.3, 0.4) is 0 Å². The molecule has 3 rings (SSSR count). The number of benzene rings is 2. The maximum absolute atomic E-state index is 6.07. The van der Waals surface area contributed by atoms with Crippen molar-refractivity contribution in [2.24, 2.45) is 0 Å². The molecule has 0 spiro atoms. The zero-order valence-electron chi connectivity index (χ0n) is 12.9. The van der Waals surface area contributed by atoms with Crippen LogP contribution in [0.1, 0.15) is 4.88 Å². The first-order valence-electron chi connectivity index (χ1n) is 7.35. The van der Waals surface area contributed by atoms with Gasteiger partial charge < -0.3 is 15.2 Å². The molecule has 118 valence electrons. The lowest BCUT2D eigenvalue weighted by molar-refractivity contribution is 0.218. The summed E-state index contributed by atoms with van der Waals surface area (Å²) >= 11 is 1.65. The highest BCUT2D eigenvalue weighted by molar-refractivity contribution is 7.14. The summed E-state index contributed by atoms with van der Waals surface area (Å²) in [7, 11) is 0. The Kier molecular flexibility index (Phi) is 4.78. The molecule has 3 aromatic rings. The third-order valence-corrected chi connectivity index (χ3v) is 4.19. The van der Waals surface area contributed by atoms with Gasteiger partial charge in [-0.2, -0.15) is 0 Å². The van der Waals surface area contributed by atoms with Crippen LogP contribution in [0.5, 0.6) is 11.5 Å².